The Balaban J connectivity index is 1.89. The number of amides is 1. The highest BCUT2D eigenvalue weighted by molar-refractivity contribution is 7.89. The van der Waals surface area contributed by atoms with Crippen molar-refractivity contribution < 1.29 is 13.2 Å². The van der Waals surface area contributed by atoms with E-state index in [0.717, 1.165) is 36.8 Å². The molecule has 2 aromatic carbocycles. The average molecular weight is 435 g/mol. The third-order valence-corrected chi connectivity index (χ3v) is 7.39. The van der Waals surface area contributed by atoms with Crippen LogP contribution in [0.3, 0.4) is 0 Å². The van der Waals surface area contributed by atoms with Gasteiger partial charge in [0.05, 0.1) is 11.4 Å². The summed E-state index contributed by atoms with van der Waals surface area (Å²) >= 11 is 5.92. The molecule has 0 N–H and O–H groups in total. The van der Waals surface area contributed by atoms with Crippen molar-refractivity contribution >= 4 is 27.5 Å². The Hall–Kier alpha value is -1.89. The van der Waals surface area contributed by atoms with Crippen molar-refractivity contribution in [2.24, 2.45) is 0 Å². The summed E-state index contributed by atoms with van der Waals surface area (Å²) in [4.78, 5) is 14.9. The Morgan fingerprint density at radius 3 is 2.24 bits per heavy atom. The molecule has 1 aliphatic heterocycles. The molecule has 0 aromatic heterocycles. The summed E-state index contributed by atoms with van der Waals surface area (Å²) in [7, 11) is -3.85. The van der Waals surface area contributed by atoms with Crippen LogP contribution in [-0.4, -0.2) is 43.2 Å². The lowest BCUT2D eigenvalue weighted by Gasteiger charge is -2.27. The summed E-state index contributed by atoms with van der Waals surface area (Å²) in [6.07, 6.45) is 4.15. The number of sulfonamides is 1. The molecule has 3 rings (SSSR count). The Labute approximate surface area is 178 Å². The van der Waals surface area contributed by atoms with Gasteiger partial charge in [-0.3, -0.25) is 4.79 Å². The van der Waals surface area contributed by atoms with E-state index in [4.69, 9.17) is 11.6 Å². The minimum Gasteiger partial charge on any atom is -0.342 e. The predicted molar refractivity (Wildman–Crippen MR) is 115 cm³/mol. The number of aryl methyl sites for hydroxylation is 1. The maximum atomic E-state index is 13.4. The highest BCUT2D eigenvalue weighted by Crippen LogP contribution is 2.22. The third kappa shape index (κ3) is 5.59. The number of likely N-dealkylation sites (tertiary alicyclic amines) is 1. The summed E-state index contributed by atoms with van der Waals surface area (Å²) in [6, 6.07) is 13.7. The van der Waals surface area contributed by atoms with Gasteiger partial charge >= 0.3 is 0 Å². The number of halogens is 1. The number of rotatable bonds is 6. The number of carbonyl (C=O) groups is 1. The number of hydrogen-bond acceptors (Lipinski definition) is 3. The lowest BCUT2D eigenvalue weighted by molar-refractivity contribution is -0.131. The molecule has 2 aromatic rings. The van der Waals surface area contributed by atoms with Crippen LogP contribution in [-0.2, 0) is 21.4 Å². The highest BCUT2D eigenvalue weighted by atomic mass is 35.5. The number of carbonyl (C=O) groups excluding carboxylic acids is 1. The van der Waals surface area contributed by atoms with Gasteiger partial charge in [-0.15, -0.1) is 0 Å². The van der Waals surface area contributed by atoms with Crippen LogP contribution < -0.4 is 0 Å². The maximum absolute atomic E-state index is 13.4. The second-order valence-corrected chi connectivity index (χ2v) is 9.82. The monoisotopic (exact) mass is 434 g/mol. The van der Waals surface area contributed by atoms with Crippen LogP contribution >= 0.6 is 11.6 Å². The summed E-state index contributed by atoms with van der Waals surface area (Å²) in [5, 5.41) is 0.468. The first kappa shape index (κ1) is 21.8. The molecule has 7 heteroatoms. The van der Waals surface area contributed by atoms with Crippen molar-refractivity contribution in [1.82, 2.24) is 9.21 Å². The topological polar surface area (TPSA) is 57.7 Å². The average Bonchev–Trinajstić information content (AvgIpc) is 2.99. The maximum Gasteiger partial charge on any atom is 0.243 e. The van der Waals surface area contributed by atoms with Crippen molar-refractivity contribution in [3.8, 4) is 0 Å². The van der Waals surface area contributed by atoms with Crippen molar-refractivity contribution in [2.45, 2.75) is 44.0 Å². The third-order valence-electron chi connectivity index (χ3n) is 5.33. The van der Waals surface area contributed by atoms with Gasteiger partial charge in [-0.2, -0.15) is 4.31 Å². The zero-order chi connectivity index (χ0) is 20.9. The summed E-state index contributed by atoms with van der Waals surface area (Å²) in [5.41, 5.74) is 1.87. The van der Waals surface area contributed by atoms with E-state index in [-0.39, 0.29) is 23.9 Å². The van der Waals surface area contributed by atoms with Gasteiger partial charge in [0.2, 0.25) is 15.9 Å². The number of hydrogen-bond donors (Lipinski definition) is 0. The Morgan fingerprint density at radius 2 is 1.62 bits per heavy atom. The zero-order valence-corrected chi connectivity index (χ0v) is 18.3. The summed E-state index contributed by atoms with van der Waals surface area (Å²) < 4.78 is 28.0. The molecule has 1 saturated heterocycles. The highest BCUT2D eigenvalue weighted by Gasteiger charge is 2.29. The van der Waals surface area contributed by atoms with Gasteiger partial charge in [-0.05, 0) is 55.2 Å². The van der Waals surface area contributed by atoms with Crippen LogP contribution in [0.15, 0.2) is 53.4 Å². The fourth-order valence-corrected chi connectivity index (χ4v) is 5.02. The molecule has 1 amide bonds. The molecule has 0 atom stereocenters. The SMILES string of the molecule is Cc1ccccc1CN(CC(=O)N1CCCCCC1)S(=O)(=O)c1ccc(Cl)cc1. The quantitative estimate of drug-likeness (QED) is 0.683. The van der Waals surface area contributed by atoms with E-state index in [1.165, 1.54) is 16.4 Å². The largest absolute Gasteiger partial charge is 0.342 e. The molecule has 5 nitrogen and oxygen atoms in total. The fourth-order valence-electron chi connectivity index (χ4n) is 3.53. The first-order chi connectivity index (χ1) is 13.9. The van der Waals surface area contributed by atoms with Gasteiger partial charge < -0.3 is 4.90 Å². The van der Waals surface area contributed by atoms with Crippen LogP contribution in [0.1, 0.15) is 36.8 Å². The molecule has 1 fully saturated rings. The molecule has 1 aliphatic rings. The van der Waals surface area contributed by atoms with Gasteiger partial charge in [-0.25, -0.2) is 8.42 Å². The van der Waals surface area contributed by atoms with Gasteiger partial charge in [0, 0.05) is 24.7 Å². The summed E-state index contributed by atoms with van der Waals surface area (Å²) in [5.74, 6) is -0.141. The number of benzene rings is 2. The van der Waals surface area contributed by atoms with E-state index in [9.17, 15) is 13.2 Å². The minimum atomic E-state index is -3.85. The standard InChI is InChI=1S/C22H27ClN2O3S/c1-18-8-4-5-9-19(18)16-25(17-22(26)24-14-6-2-3-7-15-24)29(27,28)21-12-10-20(23)11-13-21/h4-5,8-13H,2-3,6-7,14-17H2,1H3. The molecule has 0 saturated carbocycles. The molecule has 0 aliphatic carbocycles. The van der Waals surface area contributed by atoms with Crippen LogP contribution in [0, 0.1) is 6.92 Å². The van der Waals surface area contributed by atoms with E-state index in [1.807, 2.05) is 31.2 Å². The van der Waals surface area contributed by atoms with Crippen molar-refractivity contribution in [2.75, 3.05) is 19.6 Å². The van der Waals surface area contributed by atoms with Crippen molar-refractivity contribution in [3.05, 3.63) is 64.7 Å². The molecule has 29 heavy (non-hydrogen) atoms. The van der Waals surface area contributed by atoms with E-state index in [0.29, 0.717) is 18.1 Å². The molecule has 0 bridgehead atoms. The normalized spacial score (nSPS) is 15.3. The fraction of sp³-hybridized carbons (Fsp3) is 0.409. The molecule has 0 unspecified atom stereocenters. The van der Waals surface area contributed by atoms with E-state index in [1.54, 1.807) is 17.0 Å². The smallest absolute Gasteiger partial charge is 0.243 e. The van der Waals surface area contributed by atoms with Crippen LogP contribution in [0.4, 0.5) is 0 Å². The van der Waals surface area contributed by atoms with E-state index in [2.05, 4.69) is 0 Å². The van der Waals surface area contributed by atoms with Gasteiger partial charge in [0.25, 0.3) is 0 Å². The Kier molecular flexibility index (Phi) is 7.33. The lowest BCUT2D eigenvalue weighted by Crippen LogP contribution is -2.43. The lowest BCUT2D eigenvalue weighted by atomic mass is 10.1. The minimum absolute atomic E-state index is 0.138. The second kappa shape index (κ2) is 9.74. The van der Waals surface area contributed by atoms with E-state index >= 15 is 0 Å². The van der Waals surface area contributed by atoms with Crippen LogP contribution in [0.5, 0.6) is 0 Å². The zero-order valence-electron chi connectivity index (χ0n) is 16.7. The van der Waals surface area contributed by atoms with Gasteiger partial charge in [-0.1, -0.05) is 48.7 Å². The van der Waals surface area contributed by atoms with Crippen molar-refractivity contribution in [3.63, 3.8) is 0 Å². The molecular weight excluding hydrogens is 408 g/mol. The van der Waals surface area contributed by atoms with Gasteiger partial charge in [0.15, 0.2) is 0 Å². The predicted octanol–water partition coefficient (Wildman–Crippen LogP) is 4.24. The molecule has 1 heterocycles. The van der Waals surface area contributed by atoms with Crippen LogP contribution in [0.25, 0.3) is 0 Å². The van der Waals surface area contributed by atoms with Gasteiger partial charge in [0.1, 0.15) is 0 Å². The first-order valence-corrected chi connectivity index (χ1v) is 11.8. The summed E-state index contributed by atoms with van der Waals surface area (Å²) in [6.45, 7) is 3.31. The number of nitrogens with zero attached hydrogens (tertiary/aromatic N) is 2. The Morgan fingerprint density at radius 1 is 1.00 bits per heavy atom. The van der Waals surface area contributed by atoms with Crippen LogP contribution in [0.2, 0.25) is 5.02 Å². The molecule has 0 radical (unpaired) electrons. The molecule has 156 valence electrons. The first-order valence-electron chi connectivity index (χ1n) is 9.96. The Bertz CT molecular complexity index is 937. The second-order valence-electron chi connectivity index (χ2n) is 7.45. The molecular formula is C22H27ClN2O3S. The van der Waals surface area contributed by atoms with E-state index < -0.39 is 10.0 Å². The molecule has 0 spiro atoms. The van der Waals surface area contributed by atoms with Crippen molar-refractivity contribution in [1.29, 1.82) is 0 Å².